The standard InChI is InChI=1S/C16H24BrNO2/c1-2-9-20-15-6-5-14(17)10-13(15)11-18-16(12-19)7-3-4-8-16/h5-6,10,18-19H,2-4,7-9,11-12H2,1H3. The molecule has 1 aromatic carbocycles. The number of hydrogen-bond acceptors (Lipinski definition) is 3. The van der Waals surface area contributed by atoms with Crippen LogP contribution in [0.25, 0.3) is 0 Å². The lowest BCUT2D eigenvalue weighted by Crippen LogP contribution is -2.45. The average molecular weight is 342 g/mol. The Hall–Kier alpha value is -0.580. The van der Waals surface area contributed by atoms with Gasteiger partial charge in [0.15, 0.2) is 0 Å². The van der Waals surface area contributed by atoms with E-state index in [1.54, 1.807) is 0 Å². The first-order valence-electron chi connectivity index (χ1n) is 7.46. The highest BCUT2D eigenvalue weighted by molar-refractivity contribution is 9.10. The molecule has 0 atom stereocenters. The molecule has 3 nitrogen and oxygen atoms in total. The van der Waals surface area contributed by atoms with E-state index < -0.39 is 0 Å². The molecule has 0 spiro atoms. The van der Waals surface area contributed by atoms with Crippen molar-refractivity contribution in [2.75, 3.05) is 13.2 Å². The Morgan fingerprint density at radius 1 is 1.35 bits per heavy atom. The van der Waals surface area contributed by atoms with Crippen LogP contribution in [-0.2, 0) is 6.54 Å². The second-order valence-electron chi connectivity index (χ2n) is 5.60. The van der Waals surface area contributed by atoms with Crippen molar-refractivity contribution in [1.29, 1.82) is 0 Å². The summed E-state index contributed by atoms with van der Waals surface area (Å²) >= 11 is 3.52. The second kappa shape index (κ2) is 7.43. The molecule has 0 amide bonds. The number of aliphatic hydroxyl groups excluding tert-OH is 1. The lowest BCUT2D eigenvalue weighted by atomic mass is 9.98. The van der Waals surface area contributed by atoms with Crippen LogP contribution >= 0.6 is 15.9 Å². The summed E-state index contributed by atoms with van der Waals surface area (Å²) in [6.07, 6.45) is 5.52. The van der Waals surface area contributed by atoms with Gasteiger partial charge >= 0.3 is 0 Å². The highest BCUT2D eigenvalue weighted by Gasteiger charge is 2.32. The fourth-order valence-corrected chi connectivity index (χ4v) is 3.17. The Bertz CT molecular complexity index is 430. The molecular weight excluding hydrogens is 318 g/mol. The van der Waals surface area contributed by atoms with Crippen LogP contribution in [0.3, 0.4) is 0 Å². The minimum atomic E-state index is -0.0929. The lowest BCUT2D eigenvalue weighted by molar-refractivity contribution is 0.162. The van der Waals surface area contributed by atoms with Gasteiger partial charge in [-0.2, -0.15) is 0 Å². The van der Waals surface area contributed by atoms with Crippen molar-refractivity contribution in [2.45, 2.75) is 51.1 Å². The maximum absolute atomic E-state index is 9.66. The molecule has 2 N–H and O–H groups in total. The normalized spacial score (nSPS) is 17.4. The first-order chi connectivity index (χ1) is 9.69. The van der Waals surface area contributed by atoms with Crippen molar-refractivity contribution in [3.8, 4) is 5.75 Å². The van der Waals surface area contributed by atoms with E-state index in [2.05, 4.69) is 34.2 Å². The maximum atomic E-state index is 9.66. The molecule has 1 aromatic rings. The molecule has 20 heavy (non-hydrogen) atoms. The molecule has 0 saturated heterocycles. The van der Waals surface area contributed by atoms with Gasteiger partial charge in [-0.1, -0.05) is 35.7 Å². The van der Waals surface area contributed by atoms with Gasteiger partial charge in [0.25, 0.3) is 0 Å². The van der Waals surface area contributed by atoms with Crippen molar-refractivity contribution in [3.05, 3.63) is 28.2 Å². The fraction of sp³-hybridized carbons (Fsp3) is 0.625. The van der Waals surface area contributed by atoms with Crippen molar-refractivity contribution in [2.24, 2.45) is 0 Å². The molecule has 1 saturated carbocycles. The lowest BCUT2D eigenvalue weighted by Gasteiger charge is -2.28. The van der Waals surface area contributed by atoms with E-state index in [9.17, 15) is 5.11 Å². The van der Waals surface area contributed by atoms with E-state index in [0.29, 0.717) is 0 Å². The number of rotatable bonds is 7. The highest BCUT2D eigenvalue weighted by Crippen LogP contribution is 2.31. The van der Waals surface area contributed by atoms with E-state index in [4.69, 9.17) is 4.74 Å². The van der Waals surface area contributed by atoms with Crippen LogP contribution in [0.2, 0.25) is 0 Å². The van der Waals surface area contributed by atoms with Crippen molar-refractivity contribution < 1.29 is 9.84 Å². The van der Waals surface area contributed by atoms with Crippen molar-refractivity contribution in [1.82, 2.24) is 5.32 Å². The van der Waals surface area contributed by atoms with Crippen LogP contribution in [0.15, 0.2) is 22.7 Å². The van der Waals surface area contributed by atoms with Crippen LogP contribution in [0.1, 0.15) is 44.6 Å². The molecule has 0 heterocycles. The van der Waals surface area contributed by atoms with Crippen LogP contribution in [0, 0.1) is 0 Å². The van der Waals surface area contributed by atoms with Crippen LogP contribution in [0.5, 0.6) is 5.75 Å². The quantitative estimate of drug-likeness (QED) is 0.795. The van der Waals surface area contributed by atoms with Crippen molar-refractivity contribution in [3.63, 3.8) is 0 Å². The zero-order valence-corrected chi connectivity index (χ0v) is 13.7. The third-order valence-electron chi connectivity index (χ3n) is 4.00. The number of benzene rings is 1. The van der Waals surface area contributed by atoms with Crippen LogP contribution < -0.4 is 10.1 Å². The summed E-state index contributed by atoms with van der Waals surface area (Å²) in [5.41, 5.74) is 1.05. The van der Waals surface area contributed by atoms with Gasteiger partial charge in [0.1, 0.15) is 5.75 Å². The number of nitrogens with one attached hydrogen (secondary N) is 1. The fourth-order valence-electron chi connectivity index (χ4n) is 2.76. The Balaban J connectivity index is 2.05. The molecular formula is C16H24BrNO2. The predicted molar refractivity (Wildman–Crippen MR) is 85.1 cm³/mol. The van der Waals surface area contributed by atoms with Crippen LogP contribution in [-0.4, -0.2) is 23.9 Å². The number of ether oxygens (including phenoxy) is 1. The third-order valence-corrected chi connectivity index (χ3v) is 4.49. The van der Waals surface area contributed by atoms with E-state index in [0.717, 1.165) is 48.2 Å². The number of hydrogen-bond donors (Lipinski definition) is 2. The largest absolute Gasteiger partial charge is 0.493 e. The Labute approximate surface area is 129 Å². The van der Waals surface area contributed by atoms with Gasteiger partial charge in [-0.25, -0.2) is 0 Å². The molecule has 4 heteroatoms. The third kappa shape index (κ3) is 3.96. The van der Waals surface area contributed by atoms with E-state index >= 15 is 0 Å². The van der Waals surface area contributed by atoms with E-state index in [-0.39, 0.29) is 12.1 Å². The highest BCUT2D eigenvalue weighted by atomic mass is 79.9. The molecule has 0 aromatic heterocycles. The Morgan fingerprint density at radius 2 is 2.10 bits per heavy atom. The number of halogens is 1. The molecule has 0 aliphatic heterocycles. The van der Waals surface area contributed by atoms with E-state index in [1.165, 1.54) is 12.8 Å². The molecule has 1 fully saturated rings. The van der Waals surface area contributed by atoms with Crippen LogP contribution in [0.4, 0.5) is 0 Å². The smallest absolute Gasteiger partial charge is 0.123 e. The topological polar surface area (TPSA) is 41.5 Å². The Kier molecular flexibility index (Phi) is 5.87. The molecule has 1 aliphatic carbocycles. The average Bonchev–Trinajstić information content (AvgIpc) is 2.93. The van der Waals surface area contributed by atoms with Gasteiger partial charge in [-0.05, 0) is 37.5 Å². The van der Waals surface area contributed by atoms with Gasteiger partial charge in [0.05, 0.1) is 13.2 Å². The van der Waals surface area contributed by atoms with Gasteiger partial charge in [0.2, 0.25) is 0 Å². The molecule has 0 unspecified atom stereocenters. The summed E-state index contributed by atoms with van der Waals surface area (Å²) in [7, 11) is 0. The van der Waals surface area contributed by atoms with Gasteiger partial charge < -0.3 is 15.2 Å². The summed E-state index contributed by atoms with van der Waals surface area (Å²) in [6, 6.07) is 6.11. The van der Waals surface area contributed by atoms with Gasteiger partial charge in [-0.3, -0.25) is 0 Å². The second-order valence-corrected chi connectivity index (χ2v) is 6.52. The SMILES string of the molecule is CCCOc1ccc(Br)cc1CNC1(CO)CCCC1. The monoisotopic (exact) mass is 341 g/mol. The van der Waals surface area contributed by atoms with Gasteiger partial charge in [-0.15, -0.1) is 0 Å². The maximum Gasteiger partial charge on any atom is 0.123 e. The zero-order valence-electron chi connectivity index (χ0n) is 12.1. The van der Waals surface area contributed by atoms with E-state index in [1.807, 2.05) is 12.1 Å². The summed E-state index contributed by atoms with van der Waals surface area (Å²) in [4.78, 5) is 0. The molecule has 0 radical (unpaired) electrons. The molecule has 0 bridgehead atoms. The summed E-state index contributed by atoms with van der Waals surface area (Å²) in [5, 5.41) is 13.2. The summed E-state index contributed by atoms with van der Waals surface area (Å²) < 4.78 is 6.86. The number of aliphatic hydroxyl groups is 1. The van der Waals surface area contributed by atoms with Crippen molar-refractivity contribution >= 4 is 15.9 Å². The summed E-state index contributed by atoms with van der Waals surface area (Å²) in [6.45, 7) is 3.79. The first-order valence-corrected chi connectivity index (χ1v) is 8.25. The predicted octanol–water partition coefficient (Wildman–Crippen LogP) is 3.63. The Morgan fingerprint density at radius 3 is 2.75 bits per heavy atom. The zero-order chi connectivity index (χ0) is 14.4. The first kappa shape index (κ1) is 15.8. The summed E-state index contributed by atoms with van der Waals surface area (Å²) in [5.74, 6) is 0.939. The molecule has 112 valence electrons. The minimum Gasteiger partial charge on any atom is -0.493 e. The van der Waals surface area contributed by atoms with Gasteiger partial charge in [0, 0.05) is 22.1 Å². The molecule has 2 rings (SSSR count). The molecule has 1 aliphatic rings. The minimum absolute atomic E-state index is 0.0929.